The van der Waals surface area contributed by atoms with Crippen molar-refractivity contribution in [1.29, 1.82) is 0 Å². The molecule has 1 aromatic rings. The Kier molecular flexibility index (Phi) is 5.53. The van der Waals surface area contributed by atoms with Crippen molar-refractivity contribution in [1.82, 2.24) is 0 Å². The van der Waals surface area contributed by atoms with Crippen molar-refractivity contribution in [3.63, 3.8) is 0 Å². The molecular formula is C15H16O3. The summed E-state index contributed by atoms with van der Waals surface area (Å²) in [6, 6.07) is 7.53. The lowest BCUT2D eigenvalue weighted by Crippen LogP contribution is -2.11. The van der Waals surface area contributed by atoms with Gasteiger partial charge in [-0.15, -0.1) is 12.3 Å². The second-order valence-electron chi connectivity index (χ2n) is 3.85. The van der Waals surface area contributed by atoms with Crippen LogP contribution in [0.3, 0.4) is 0 Å². The Morgan fingerprint density at radius 1 is 1.50 bits per heavy atom. The van der Waals surface area contributed by atoms with Gasteiger partial charge in [0.2, 0.25) is 0 Å². The van der Waals surface area contributed by atoms with E-state index in [4.69, 9.17) is 16.3 Å². The Balaban J connectivity index is 2.58. The molecule has 0 unspecified atom stereocenters. The number of rotatable bonds is 6. The molecule has 0 heterocycles. The highest BCUT2D eigenvalue weighted by Gasteiger charge is 2.13. The van der Waals surface area contributed by atoms with Crippen LogP contribution in [-0.2, 0) is 4.79 Å². The van der Waals surface area contributed by atoms with Crippen LogP contribution in [0.25, 0.3) is 6.08 Å². The molecule has 3 heteroatoms. The smallest absolute Gasteiger partial charge is 0.307 e. The highest BCUT2D eigenvalue weighted by atomic mass is 16.5. The van der Waals surface area contributed by atoms with Gasteiger partial charge in [-0.3, -0.25) is 4.79 Å². The number of aliphatic carboxylic acids is 1. The molecule has 0 radical (unpaired) electrons. The van der Waals surface area contributed by atoms with E-state index in [-0.39, 0.29) is 6.42 Å². The van der Waals surface area contributed by atoms with Gasteiger partial charge in [0.1, 0.15) is 5.75 Å². The fourth-order valence-electron chi connectivity index (χ4n) is 1.50. The van der Waals surface area contributed by atoms with Crippen LogP contribution in [0.5, 0.6) is 5.75 Å². The van der Waals surface area contributed by atoms with Crippen molar-refractivity contribution in [3.05, 3.63) is 35.9 Å². The van der Waals surface area contributed by atoms with Crippen molar-refractivity contribution in [2.45, 2.75) is 12.8 Å². The lowest BCUT2D eigenvalue weighted by Gasteiger charge is -2.04. The first-order valence-electron chi connectivity index (χ1n) is 5.64. The summed E-state index contributed by atoms with van der Waals surface area (Å²) >= 11 is 0. The van der Waals surface area contributed by atoms with Gasteiger partial charge in [-0.2, -0.15) is 0 Å². The maximum absolute atomic E-state index is 10.9. The van der Waals surface area contributed by atoms with E-state index in [1.165, 1.54) is 0 Å². The van der Waals surface area contributed by atoms with Crippen LogP contribution < -0.4 is 4.74 Å². The van der Waals surface area contributed by atoms with Gasteiger partial charge < -0.3 is 9.84 Å². The summed E-state index contributed by atoms with van der Waals surface area (Å²) in [5, 5.41) is 8.92. The highest BCUT2D eigenvalue weighted by molar-refractivity contribution is 5.70. The van der Waals surface area contributed by atoms with Crippen molar-refractivity contribution in [3.8, 4) is 18.1 Å². The molecule has 0 saturated carbocycles. The van der Waals surface area contributed by atoms with Crippen molar-refractivity contribution < 1.29 is 14.6 Å². The number of terminal acetylenes is 1. The average molecular weight is 244 g/mol. The van der Waals surface area contributed by atoms with Crippen LogP contribution in [0.1, 0.15) is 18.4 Å². The van der Waals surface area contributed by atoms with E-state index >= 15 is 0 Å². The number of benzene rings is 1. The average Bonchev–Trinajstić information content (AvgIpc) is 2.38. The van der Waals surface area contributed by atoms with Crippen LogP contribution >= 0.6 is 0 Å². The molecule has 1 atom stereocenters. The lowest BCUT2D eigenvalue weighted by atomic mass is 10.0. The predicted octanol–water partition coefficient (Wildman–Crippen LogP) is 2.82. The lowest BCUT2D eigenvalue weighted by molar-refractivity contribution is -0.141. The van der Waals surface area contributed by atoms with Gasteiger partial charge in [0, 0.05) is 6.42 Å². The van der Waals surface area contributed by atoms with E-state index in [9.17, 15) is 4.79 Å². The van der Waals surface area contributed by atoms with E-state index in [1.807, 2.05) is 36.4 Å². The summed E-state index contributed by atoms with van der Waals surface area (Å²) in [6.45, 7) is 0. The second kappa shape index (κ2) is 7.18. The summed E-state index contributed by atoms with van der Waals surface area (Å²) in [5.74, 6) is 1.81. The highest BCUT2D eigenvalue weighted by Crippen LogP contribution is 2.14. The molecule has 0 amide bonds. The molecule has 1 aromatic carbocycles. The van der Waals surface area contributed by atoms with Gasteiger partial charge in [0.05, 0.1) is 13.0 Å². The van der Waals surface area contributed by atoms with Crippen LogP contribution in [0, 0.1) is 18.3 Å². The molecule has 0 spiro atoms. The van der Waals surface area contributed by atoms with E-state index in [1.54, 1.807) is 7.11 Å². The van der Waals surface area contributed by atoms with Gasteiger partial charge in [0.25, 0.3) is 0 Å². The largest absolute Gasteiger partial charge is 0.497 e. The van der Waals surface area contributed by atoms with Gasteiger partial charge in [0.15, 0.2) is 0 Å². The molecule has 18 heavy (non-hydrogen) atoms. The molecule has 0 saturated heterocycles. The standard InChI is InChI=1S/C15H16O3/c1-3-5-13(15(16)17)7-4-6-12-8-10-14(18-2)11-9-12/h1,4,6,8-11,13H,5,7H2,2H3,(H,16,17)/b6-4+/t13-/m1/s1. The Morgan fingerprint density at radius 2 is 2.17 bits per heavy atom. The molecule has 0 aliphatic carbocycles. The van der Waals surface area contributed by atoms with Gasteiger partial charge >= 0.3 is 5.97 Å². The molecule has 0 aromatic heterocycles. The molecule has 0 aliphatic heterocycles. The predicted molar refractivity (Wildman–Crippen MR) is 71.2 cm³/mol. The number of allylic oxidation sites excluding steroid dienone is 1. The summed E-state index contributed by atoms with van der Waals surface area (Å²) in [5.41, 5.74) is 1.00. The Labute approximate surface area is 107 Å². The first kappa shape index (κ1) is 13.9. The number of hydrogen-bond donors (Lipinski definition) is 1. The number of carboxylic acids is 1. The molecule has 1 rings (SSSR count). The topological polar surface area (TPSA) is 46.5 Å². The van der Waals surface area contributed by atoms with E-state index < -0.39 is 11.9 Å². The monoisotopic (exact) mass is 244 g/mol. The number of methoxy groups -OCH3 is 1. The fourth-order valence-corrected chi connectivity index (χ4v) is 1.50. The van der Waals surface area contributed by atoms with E-state index in [0.717, 1.165) is 11.3 Å². The third-order valence-corrected chi connectivity index (χ3v) is 2.56. The van der Waals surface area contributed by atoms with Crippen LogP contribution in [0.2, 0.25) is 0 Å². The molecule has 0 fully saturated rings. The zero-order valence-corrected chi connectivity index (χ0v) is 10.3. The maximum atomic E-state index is 10.9. The van der Waals surface area contributed by atoms with Crippen LogP contribution in [0.15, 0.2) is 30.3 Å². The van der Waals surface area contributed by atoms with Crippen LogP contribution in [-0.4, -0.2) is 18.2 Å². The Bertz CT molecular complexity index is 452. The minimum atomic E-state index is -0.854. The number of hydrogen-bond acceptors (Lipinski definition) is 2. The maximum Gasteiger partial charge on any atom is 0.307 e. The SMILES string of the molecule is C#CC[C@H](C/C=C/c1ccc(OC)cc1)C(=O)O. The third-order valence-electron chi connectivity index (χ3n) is 2.56. The Morgan fingerprint density at radius 3 is 2.67 bits per heavy atom. The van der Waals surface area contributed by atoms with Gasteiger partial charge in [-0.05, 0) is 24.1 Å². The van der Waals surface area contributed by atoms with Crippen molar-refractivity contribution in [2.75, 3.05) is 7.11 Å². The third kappa shape index (κ3) is 4.34. The molecular weight excluding hydrogens is 228 g/mol. The first-order chi connectivity index (χ1) is 8.67. The molecule has 3 nitrogen and oxygen atoms in total. The summed E-state index contributed by atoms with van der Waals surface area (Å²) in [6.07, 6.45) is 9.53. The summed E-state index contributed by atoms with van der Waals surface area (Å²) in [7, 11) is 1.61. The molecule has 0 bridgehead atoms. The fraction of sp³-hybridized carbons (Fsp3) is 0.267. The molecule has 0 aliphatic rings. The minimum absolute atomic E-state index is 0.252. The molecule has 94 valence electrons. The van der Waals surface area contributed by atoms with E-state index in [2.05, 4.69) is 5.92 Å². The first-order valence-corrected chi connectivity index (χ1v) is 5.64. The van der Waals surface area contributed by atoms with Gasteiger partial charge in [-0.1, -0.05) is 24.3 Å². The number of ether oxygens (including phenoxy) is 1. The summed E-state index contributed by atoms with van der Waals surface area (Å²) < 4.78 is 5.05. The minimum Gasteiger partial charge on any atom is -0.497 e. The van der Waals surface area contributed by atoms with Crippen LogP contribution in [0.4, 0.5) is 0 Å². The van der Waals surface area contributed by atoms with E-state index in [0.29, 0.717) is 6.42 Å². The summed E-state index contributed by atoms with van der Waals surface area (Å²) in [4.78, 5) is 10.9. The normalized spacial score (nSPS) is 12.0. The number of carbonyl (C=O) groups is 1. The Hall–Kier alpha value is -2.21. The quantitative estimate of drug-likeness (QED) is 0.783. The van der Waals surface area contributed by atoms with Gasteiger partial charge in [-0.25, -0.2) is 0 Å². The number of carboxylic acid groups (broad SMARTS) is 1. The second-order valence-corrected chi connectivity index (χ2v) is 3.85. The zero-order valence-electron chi connectivity index (χ0n) is 10.3. The van der Waals surface area contributed by atoms with Crippen molar-refractivity contribution >= 4 is 12.0 Å². The molecule has 1 N–H and O–H groups in total. The zero-order chi connectivity index (χ0) is 13.4. The van der Waals surface area contributed by atoms with Crippen molar-refractivity contribution in [2.24, 2.45) is 5.92 Å².